The van der Waals surface area contributed by atoms with Gasteiger partial charge in [0, 0.05) is 12.2 Å². The predicted octanol–water partition coefficient (Wildman–Crippen LogP) is 3.11. The number of hydrogen-bond acceptors (Lipinski definition) is 2. The number of rotatable bonds is 5. The fourth-order valence-corrected chi connectivity index (χ4v) is 1.37. The summed E-state index contributed by atoms with van der Waals surface area (Å²) in [5.74, 6) is 0.0787. The van der Waals surface area contributed by atoms with E-state index in [-0.39, 0.29) is 24.3 Å². The van der Waals surface area contributed by atoms with Crippen LogP contribution in [0, 0.1) is 0 Å². The fraction of sp³-hybridized carbons (Fsp3) is 0.417. The summed E-state index contributed by atoms with van der Waals surface area (Å²) in [5, 5.41) is 0. The van der Waals surface area contributed by atoms with Crippen molar-refractivity contribution in [3.63, 3.8) is 0 Å². The van der Waals surface area contributed by atoms with Crippen LogP contribution in [0.3, 0.4) is 0 Å². The lowest BCUT2D eigenvalue weighted by molar-refractivity contribution is 0.0444. The van der Waals surface area contributed by atoms with E-state index in [1.54, 1.807) is 0 Å². The number of halogens is 1. The molecule has 0 aromatic heterocycles. The van der Waals surface area contributed by atoms with Gasteiger partial charge in [-0.15, -0.1) is 12.4 Å². The van der Waals surface area contributed by atoms with Crippen LogP contribution in [0.25, 0.3) is 0 Å². The first-order valence-corrected chi connectivity index (χ1v) is 5.00. The molecule has 0 spiro atoms. The smallest absolute Gasteiger partial charge is 0.191 e. The van der Waals surface area contributed by atoms with E-state index in [4.69, 9.17) is 4.74 Å². The Labute approximate surface area is 97.0 Å². The van der Waals surface area contributed by atoms with Crippen LogP contribution in [0.5, 0.6) is 0 Å². The summed E-state index contributed by atoms with van der Waals surface area (Å²) in [7, 11) is 0. The number of hydrogen-bond donors (Lipinski definition) is 0. The summed E-state index contributed by atoms with van der Waals surface area (Å²) >= 11 is 0. The van der Waals surface area contributed by atoms with E-state index in [0.717, 1.165) is 12.0 Å². The van der Waals surface area contributed by atoms with Gasteiger partial charge in [-0.3, -0.25) is 4.79 Å². The summed E-state index contributed by atoms with van der Waals surface area (Å²) < 4.78 is 5.36. The Balaban J connectivity index is 0.00000196. The predicted molar refractivity (Wildman–Crippen MR) is 63.7 cm³/mol. The van der Waals surface area contributed by atoms with Gasteiger partial charge in [-0.1, -0.05) is 37.3 Å². The number of Topliss-reactive ketones (excluding diaryl/α,β-unsaturated/α-hetero) is 1. The van der Waals surface area contributed by atoms with Gasteiger partial charge in [-0.05, 0) is 13.3 Å². The molecule has 1 aromatic rings. The maximum Gasteiger partial charge on any atom is 0.191 e. The van der Waals surface area contributed by atoms with E-state index in [9.17, 15) is 4.79 Å². The van der Waals surface area contributed by atoms with Crippen molar-refractivity contribution in [3.05, 3.63) is 35.9 Å². The molecule has 1 atom stereocenters. The van der Waals surface area contributed by atoms with E-state index in [1.807, 2.05) is 44.2 Å². The molecule has 0 N–H and O–H groups in total. The summed E-state index contributed by atoms with van der Waals surface area (Å²) in [6, 6.07) is 9.28. The lowest BCUT2D eigenvalue weighted by Gasteiger charge is -2.13. The quantitative estimate of drug-likeness (QED) is 0.724. The molecule has 1 aromatic carbocycles. The van der Waals surface area contributed by atoms with Crippen molar-refractivity contribution < 1.29 is 9.53 Å². The van der Waals surface area contributed by atoms with Crippen LogP contribution in [0.15, 0.2) is 30.3 Å². The van der Waals surface area contributed by atoms with Gasteiger partial charge in [0.15, 0.2) is 5.78 Å². The molecular weight excluding hydrogens is 212 g/mol. The van der Waals surface area contributed by atoms with Crippen LogP contribution in [-0.2, 0) is 4.74 Å². The van der Waals surface area contributed by atoms with Crippen molar-refractivity contribution >= 4 is 18.2 Å². The van der Waals surface area contributed by atoms with Gasteiger partial charge in [0.25, 0.3) is 0 Å². The number of ketones is 1. The maximum atomic E-state index is 11.8. The van der Waals surface area contributed by atoms with Crippen LogP contribution in [-0.4, -0.2) is 18.5 Å². The van der Waals surface area contributed by atoms with Gasteiger partial charge in [0.05, 0.1) is 0 Å². The maximum absolute atomic E-state index is 11.8. The Morgan fingerprint density at radius 1 is 1.27 bits per heavy atom. The van der Waals surface area contributed by atoms with Crippen molar-refractivity contribution in [2.45, 2.75) is 26.4 Å². The third kappa shape index (κ3) is 4.02. The molecule has 2 nitrogen and oxygen atoms in total. The van der Waals surface area contributed by atoms with Crippen molar-refractivity contribution in [2.24, 2.45) is 0 Å². The number of benzene rings is 1. The zero-order chi connectivity index (χ0) is 10.4. The molecular formula is C12H17ClO2. The molecule has 0 saturated heterocycles. The van der Waals surface area contributed by atoms with Crippen LogP contribution in [0.4, 0.5) is 0 Å². The topological polar surface area (TPSA) is 26.3 Å². The summed E-state index contributed by atoms with van der Waals surface area (Å²) in [6.07, 6.45) is 0.434. The molecule has 0 amide bonds. The third-order valence-electron chi connectivity index (χ3n) is 2.09. The molecule has 1 rings (SSSR count). The van der Waals surface area contributed by atoms with Crippen molar-refractivity contribution in [1.82, 2.24) is 0 Å². The van der Waals surface area contributed by atoms with Crippen LogP contribution < -0.4 is 0 Å². The highest BCUT2D eigenvalue weighted by atomic mass is 35.5. The molecule has 1 unspecified atom stereocenters. The normalized spacial score (nSPS) is 11.6. The Hall–Kier alpha value is -0.860. The van der Waals surface area contributed by atoms with Gasteiger partial charge in [-0.2, -0.15) is 0 Å². The minimum atomic E-state index is -0.289. The molecule has 0 radical (unpaired) electrons. The Morgan fingerprint density at radius 2 is 1.87 bits per heavy atom. The Kier molecular flexibility index (Phi) is 7.01. The largest absolute Gasteiger partial charge is 0.370 e. The highest BCUT2D eigenvalue weighted by molar-refractivity contribution is 5.99. The SMILES string of the molecule is CCOC(CC)C(=O)c1ccccc1.Cl. The first kappa shape index (κ1) is 14.1. The highest BCUT2D eigenvalue weighted by Gasteiger charge is 2.17. The molecule has 0 fully saturated rings. The second kappa shape index (κ2) is 7.43. The molecule has 84 valence electrons. The van der Waals surface area contributed by atoms with Crippen molar-refractivity contribution in [3.8, 4) is 0 Å². The number of carbonyl (C=O) groups excluding carboxylic acids is 1. The van der Waals surface area contributed by atoms with E-state index < -0.39 is 0 Å². The van der Waals surface area contributed by atoms with Gasteiger partial charge < -0.3 is 4.74 Å². The van der Waals surface area contributed by atoms with Crippen LogP contribution >= 0.6 is 12.4 Å². The van der Waals surface area contributed by atoms with Crippen LogP contribution in [0.1, 0.15) is 30.6 Å². The molecule has 15 heavy (non-hydrogen) atoms. The van der Waals surface area contributed by atoms with Crippen LogP contribution in [0.2, 0.25) is 0 Å². The first-order valence-electron chi connectivity index (χ1n) is 5.00. The average molecular weight is 229 g/mol. The molecule has 0 heterocycles. The van der Waals surface area contributed by atoms with E-state index in [2.05, 4.69) is 0 Å². The van der Waals surface area contributed by atoms with Crippen molar-refractivity contribution in [2.75, 3.05) is 6.61 Å². The monoisotopic (exact) mass is 228 g/mol. The molecule has 0 bridgehead atoms. The van der Waals surface area contributed by atoms with E-state index in [0.29, 0.717) is 6.61 Å². The van der Waals surface area contributed by atoms with Gasteiger partial charge in [-0.25, -0.2) is 0 Å². The van der Waals surface area contributed by atoms with Gasteiger partial charge in [0.2, 0.25) is 0 Å². The third-order valence-corrected chi connectivity index (χ3v) is 2.09. The summed E-state index contributed by atoms with van der Waals surface area (Å²) in [6.45, 7) is 4.44. The molecule has 0 aliphatic rings. The average Bonchev–Trinajstić information content (AvgIpc) is 2.26. The Bertz CT molecular complexity index is 285. The second-order valence-corrected chi connectivity index (χ2v) is 3.08. The number of ether oxygens (including phenoxy) is 1. The highest BCUT2D eigenvalue weighted by Crippen LogP contribution is 2.08. The standard InChI is InChI=1S/C12H16O2.ClH/c1-3-11(14-4-2)12(13)10-8-6-5-7-9-10;/h5-9,11H,3-4H2,1-2H3;1H. The molecule has 0 aliphatic carbocycles. The number of carbonyl (C=O) groups is 1. The molecule has 3 heteroatoms. The van der Waals surface area contributed by atoms with E-state index >= 15 is 0 Å². The van der Waals surface area contributed by atoms with E-state index in [1.165, 1.54) is 0 Å². The lowest BCUT2D eigenvalue weighted by atomic mass is 10.0. The summed E-state index contributed by atoms with van der Waals surface area (Å²) in [5.41, 5.74) is 0.729. The Morgan fingerprint density at radius 3 is 2.33 bits per heavy atom. The lowest BCUT2D eigenvalue weighted by Crippen LogP contribution is -2.23. The zero-order valence-corrected chi connectivity index (χ0v) is 9.92. The first-order chi connectivity index (χ1) is 6.79. The molecule has 0 aliphatic heterocycles. The minimum Gasteiger partial charge on any atom is -0.370 e. The molecule has 0 saturated carbocycles. The van der Waals surface area contributed by atoms with Crippen molar-refractivity contribution in [1.29, 1.82) is 0 Å². The minimum absolute atomic E-state index is 0. The zero-order valence-electron chi connectivity index (χ0n) is 9.10. The second-order valence-electron chi connectivity index (χ2n) is 3.08. The van der Waals surface area contributed by atoms with Gasteiger partial charge >= 0.3 is 0 Å². The fourth-order valence-electron chi connectivity index (χ4n) is 1.37. The summed E-state index contributed by atoms with van der Waals surface area (Å²) in [4.78, 5) is 11.8. The van der Waals surface area contributed by atoms with Gasteiger partial charge in [0.1, 0.15) is 6.10 Å².